The predicted octanol–water partition coefficient (Wildman–Crippen LogP) is 0.525. The molecule has 3 N–H and O–H groups in total. The highest BCUT2D eigenvalue weighted by atomic mass is 16.3. The van der Waals surface area contributed by atoms with Crippen molar-refractivity contribution in [2.75, 3.05) is 19.6 Å². The molecule has 0 unspecified atom stereocenters. The standard InChI is InChI=1S/C15H20N4O2/c16-11-3-5-18(6-4-11)7-8-19-14-9-12(20)1-2-13(14)17-10-15(19)21/h1-2,9-11,20H,3-8,16H2. The van der Waals surface area contributed by atoms with E-state index < -0.39 is 0 Å². The summed E-state index contributed by atoms with van der Waals surface area (Å²) in [6.07, 6.45) is 3.35. The van der Waals surface area contributed by atoms with Gasteiger partial charge < -0.3 is 20.3 Å². The number of phenolic OH excluding ortho intramolecular Hbond substituents is 1. The normalized spacial score (nSPS) is 17.4. The summed E-state index contributed by atoms with van der Waals surface area (Å²) in [4.78, 5) is 18.5. The molecule has 0 spiro atoms. The summed E-state index contributed by atoms with van der Waals surface area (Å²) in [5.41, 5.74) is 7.16. The Morgan fingerprint density at radius 2 is 2.05 bits per heavy atom. The van der Waals surface area contributed by atoms with Crippen molar-refractivity contribution in [3.8, 4) is 5.75 Å². The van der Waals surface area contributed by atoms with Gasteiger partial charge in [-0.15, -0.1) is 0 Å². The van der Waals surface area contributed by atoms with Crippen LogP contribution in [0.25, 0.3) is 11.0 Å². The summed E-state index contributed by atoms with van der Waals surface area (Å²) in [7, 11) is 0. The molecule has 0 aliphatic carbocycles. The van der Waals surface area contributed by atoms with Crippen LogP contribution < -0.4 is 11.3 Å². The zero-order chi connectivity index (χ0) is 14.8. The second-order valence-corrected chi connectivity index (χ2v) is 5.60. The monoisotopic (exact) mass is 288 g/mol. The summed E-state index contributed by atoms with van der Waals surface area (Å²) >= 11 is 0. The molecular formula is C15H20N4O2. The molecule has 6 nitrogen and oxygen atoms in total. The molecule has 3 rings (SSSR count). The van der Waals surface area contributed by atoms with E-state index >= 15 is 0 Å². The van der Waals surface area contributed by atoms with Gasteiger partial charge in [-0.1, -0.05) is 0 Å². The lowest BCUT2D eigenvalue weighted by Crippen LogP contribution is -2.41. The van der Waals surface area contributed by atoms with Crippen LogP contribution in [0.3, 0.4) is 0 Å². The quantitative estimate of drug-likeness (QED) is 0.860. The molecule has 21 heavy (non-hydrogen) atoms. The number of rotatable bonds is 3. The topological polar surface area (TPSA) is 84.4 Å². The van der Waals surface area contributed by atoms with E-state index in [1.807, 2.05) is 0 Å². The molecule has 0 bridgehead atoms. The first-order chi connectivity index (χ1) is 10.1. The summed E-state index contributed by atoms with van der Waals surface area (Å²) in [6.45, 7) is 3.35. The molecule has 2 aromatic rings. The van der Waals surface area contributed by atoms with Gasteiger partial charge in [0.2, 0.25) is 0 Å². The van der Waals surface area contributed by atoms with Crippen LogP contribution in [-0.2, 0) is 6.54 Å². The van der Waals surface area contributed by atoms with Crippen LogP contribution in [0.1, 0.15) is 12.8 Å². The molecule has 1 saturated heterocycles. The van der Waals surface area contributed by atoms with Crippen LogP contribution in [0.15, 0.2) is 29.2 Å². The molecule has 0 radical (unpaired) electrons. The van der Waals surface area contributed by atoms with Gasteiger partial charge in [-0.05, 0) is 38.1 Å². The van der Waals surface area contributed by atoms with Crippen LogP contribution in [-0.4, -0.2) is 45.2 Å². The molecular weight excluding hydrogens is 268 g/mol. The fourth-order valence-electron chi connectivity index (χ4n) is 2.80. The smallest absolute Gasteiger partial charge is 0.269 e. The highest BCUT2D eigenvalue weighted by Gasteiger charge is 2.16. The molecule has 112 valence electrons. The van der Waals surface area contributed by atoms with Gasteiger partial charge in [-0.3, -0.25) is 4.79 Å². The van der Waals surface area contributed by atoms with E-state index in [1.54, 1.807) is 22.8 Å². The third-order valence-corrected chi connectivity index (χ3v) is 4.10. The van der Waals surface area contributed by atoms with E-state index in [2.05, 4.69) is 9.88 Å². The van der Waals surface area contributed by atoms with Gasteiger partial charge in [0.15, 0.2) is 0 Å². The van der Waals surface area contributed by atoms with Gasteiger partial charge in [-0.2, -0.15) is 0 Å². The van der Waals surface area contributed by atoms with E-state index in [4.69, 9.17) is 5.73 Å². The van der Waals surface area contributed by atoms with Crippen molar-refractivity contribution in [3.63, 3.8) is 0 Å². The maximum absolute atomic E-state index is 12.0. The molecule has 1 aromatic carbocycles. The summed E-state index contributed by atoms with van der Waals surface area (Å²) in [5.74, 6) is 0.146. The number of nitrogens with zero attached hydrogens (tertiary/aromatic N) is 3. The Morgan fingerprint density at radius 1 is 1.29 bits per heavy atom. The van der Waals surface area contributed by atoms with Crippen molar-refractivity contribution >= 4 is 11.0 Å². The Balaban J connectivity index is 1.81. The minimum atomic E-state index is -0.137. The minimum absolute atomic E-state index is 0.137. The lowest BCUT2D eigenvalue weighted by Gasteiger charge is -2.30. The number of piperidine rings is 1. The van der Waals surface area contributed by atoms with Gasteiger partial charge in [0, 0.05) is 25.2 Å². The van der Waals surface area contributed by atoms with Gasteiger partial charge in [0.05, 0.1) is 17.2 Å². The van der Waals surface area contributed by atoms with Gasteiger partial charge >= 0.3 is 0 Å². The maximum Gasteiger partial charge on any atom is 0.269 e. The Morgan fingerprint density at radius 3 is 2.81 bits per heavy atom. The second kappa shape index (κ2) is 5.83. The number of aromatic hydroxyl groups is 1. The summed E-state index contributed by atoms with van der Waals surface area (Å²) in [6, 6.07) is 5.20. The first-order valence-corrected chi connectivity index (χ1v) is 7.30. The number of nitrogens with two attached hydrogens (primary N) is 1. The Kier molecular flexibility index (Phi) is 3.90. The van der Waals surface area contributed by atoms with Crippen molar-refractivity contribution in [1.82, 2.24) is 14.5 Å². The van der Waals surface area contributed by atoms with Crippen molar-refractivity contribution in [2.45, 2.75) is 25.4 Å². The van der Waals surface area contributed by atoms with Crippen molar-refractivity contribution < 1.29 is 5.11 Å². The fraction of sp³-hybridized carbons (Fsp3) is 0.467. The Labute approximate surface area is 122 Å². The molecule has 2 heterocycles. The van der Waals surface area contributed by atoms with E-state index in [-0.39, 0.29) is 11.3 Å². The summed E-state index contributed by atoms with van der Waals surface area (Å²) in [5, 5.41) is 9.62. The Hall–Kier alpha value is -1.92. The van der Waals surface area contributed by atoms with E-state index in [0.717, 1.165) is 32.5 Å². The largest absolute Gasteiger partial charge is 0.508 e. The number of likely N-dealkylation sites (tertiary alicyclic amines) is 1. The van der Waals surface area contributed by atoms with Gasteiger partial charge in [-0.25, -0.2) is 4.98 Å². The van der Waals surface area contributed by atoms with Crippen LogP contribution in [0, 0.1) is 0 Å². The Bertz CT molecular complexity index is 690. The first kappa shape index (κ1) is 14.0. The van der Waals surface area contributed by atoms with Crippen LogP contribution in [0.2, 0.25) is 0 Å². The third-order valence-electron chi connectivity index (χ3n) is 4.10. The van der Waals surface area contributed by atoms with E-state index in [0.29, 0.717) is 23.6 Å². The lowest BCUT2D eigenvalue weighted by atomic mass is 10.1. The van der Waals surface area contributed by atoms with Gasteiger partial charge in [0.25, 0.3) is 5.56 Å². The van der Waals surface area contributed by atoms with Crippen LogP contribution >= 0.6 is 0 Å². The zero-order valence-corrected chi connectivity index (χ0v) is 11.9. The number of phenols is 1. The molecule has 0 atom stereocenters. The maximum atomic E-state index is 12.0. The number of fused-ring (bicyclic) bond motifs is 1. The highest BCUT2D eigenvalue weighted by Crippen LogP contribution is 2.17. The second-order valence-electron chi connectivity index (χ2n) is 5.60. The molecule has 1 fully saturated rings. The van der Waals surface area contributed by atoms with Crippen molar-refractivity contribution in [2.24, 2.45) is 5.73 Å². The molecule has 1 aliphatic heterocycles. The predicted molar refractivity (Wildman–Crippen MR) is 81.3 cm³/mol. The molecule has 1 aliphatic rings. The number of hydrogen-bond acceptors (Lipinski definition) is 5. The summed E-state index contributed by atoms with van der Waals surface area (Å²) < 4.78 is 1.68. The van der Waals surface area contributed by atoms with Crippen LogP contribution in [0.4, 0.5) is 0 Å². The SMILES string of the molecule is NC1CCN(CCn2c(=O)cnc3ccc(O)cc32)CC1. The lowest BCUT2D eigenvalue weighted by molar-refractivity contribution is 0.206. The fourth-order valence-corrected chi connectivity index (χ4v) is 2.80. The zero-order valence-electron chi connectivity index (χ0n) is 11.9. The van der Waals surface area contributed by atoms with Crippen molar-refractivity contribution in [1.29, 1.82) is 0 Å². The van der Waals surface area contributed by atoms with E-state index in [1.165, 1.54) is 6.20 Å². The van der Waals surface area contributed by atoms with Crippen LogP contribution in [0.5, 0.6) is 5.75 Å². The molecule has 0 amide bonds. The highest BCUT2D eigenvalue weighted by molar-refractivity contribution is 5.76. The van der Waals surface area contributed by atoms with E-state index in [9.17, 15) is 9.90 Å². The molecule has 1 aromatic heterocycles. The minimum Gasteiger partial charge on any atom is -0.508 e. The average molecular weight is 288 g/mol. The number of aromatic nitrogens is 2. The molecule has 0 saturated carbocycles. The van der Waals surface area contributed by atoms with Gasteiger partial charge in [0.1, 0.15) is 5.75 Å². The van der Waals surface area contributed by atoms with Crippen molar-refractivity contribution in [3.05, 3.63) is 34.7 Å². The number of hydrogen-bond donors (Lipinski definition) is 2. The third kappa shape index (κ3) is 3.06. The average Bonchev–Trinajstić information content (AvgIpc) is 2.48. The first-order valence-electron chi connectivity index (χ1n) is 7.30. The molecule has 6 heteroatoms. The number of benzene rings is 1.